The van der Waals surface area contributed by atoms with Gasteiger partial charge < -0.3 is 10.2 Å². The summed E-state index contributed by atoms with van der Waals surface area (Å²) >= 11 is 0. The van der Waals surface area contributed by atoms with E-state index in [1.54, 1.807) is 83.8 Å². The molecule has 1 N–H and O–H groups in total. The second kappa shape index (κ2) is 13.0. The highest BCUT2D eigenvalue weighted by Crippen LogP contribution is 2.35. The molecule has 0 unspecified atom stereocenters. The zero-order valence-corrected chi connectivity index (χ0v) is 26.8. The summed E-state index contributed by atoms with van der Waals surface area (Å²) in [6.07, 6.45) is 0.377. The minimum absolute atomic E-state index is 0.168. The van der Waals surface area contributed by atoms with Gasteiger partial charge in [0.05, 0.1) is 22.5 Å². The van der Waals surface area contributed by atoms with Gasteiger partial charge in [-0.2, -0.15) is 0 Å². The van der Waals surface area contributed by atoms with Crippen LogP contribution in [0, 0.1) is 6.92 Å². The molecule has 2 aliphatic heterocycles. The van der Waals surface area contributed by atoms with Crippen molar-refractivity contribution in [2.75, 3.05) is 34.8 Å². The lowest BCUT2D eigenvalue weighted by molar-refractivity contribution is -0.117. The Bertz CT molecular complexity index is 2090. The van der Waals surface area contributed by atoms with Crippen LogP contribution in [0.4, 0.5) is 17.1 Å². The number of nitrogens with one attached hydrogen (secondary N) is 1. The van der Waals surface area contributed by atoms with Crippen molar-refractivity contribution < 1.29 is 24.0 Å². The molecule has 9 heteroatoms. The number of benzene rings is 5. The molecule has 0 spiro atoms. The first-order valence-electron chi connectivity index (χ1n) is 16.0. The van der Waals surface area contributed by atoms with Gasteiger partial charge in [0.15, 0.2) is 0 Å². The highest BCUT2D eigenvalue weighted by molar-refractivity contribution is 6.21. The number of hydrogen-bond acceptors (Lipinski definition) is 5. The predicted octanol–water partition coefficient (Wildman–Crippen LogP) is 6.59. The number of amides is 5. The molecule has 9 nitrogen and oxygen atoms in total. The molecule has 0 saturated heterocycles. The van der Waals surface area contributed by atoms with E-state index in [0.29, 0.717) is 45.7 Å². The van der Waals surface area contributed by atoms with Gasteiger partial charge in [-0.15, -0.1) is 0 Å². The van der Waals surface area contributed by atoms with Crippen molar-refractivity contribution in [3.05, 3.63) is 149 Å². The molecular weight excluding hydrogens is 616 g/mol. The summed E-state index contributed by atoms with van der Waals surface area (Å²) in [6, 6.07) is 35.9. The van der Waals surface area contributed by atoms with E-state index in [2.05, 4.69) is 5.32 Å². The van der Waals surface area contributed by atoms with Crippen LogP contribution in [0.3, 0.4) is 0 Å². The van der Waals surface area contributed by atoms with Gasteiger partial charge in [-0.1, -0.05) is 72.3 Å². The third-order valence-corrected chi connectivity index (χ3v) is 8.87. The largest absolute Gasteiger partial charge is 0.322 e. The van der Waals surface area contributed by atoms with Gasteiger partial charge >= 0.3 is 0 Å². The lowest BCUT2D eigenvalue weighted by Crippen LogP contribution is -2.49. The predicted molar refractivity (Wildman–Crippen MR) is 188 cm³/mol. The summed E-state index contributed by atoms with van der Waals surface area (Å²) in [7, 11) is 0. The van der Waals surface area contributed by atoms with Gasteiger partial charge in [0, 0.05) is 29.9 Å². The van der Waals surface area contributed by atoms with Gasteiger partial charge in [-0.05, 0) is 79.1 Å². The van der Waals surface area contributed by atoms with E-state index in [4.69, 9.17) is 0 Å². The Labute approximate surface area is 283 Å². The Morgan fingerprint density at radius 1 is 0.633 bits per heavy atom. The monoisotopic (exact) mass is 648 g/mol. The van der Waals surface area contributed by atoms with E-state index in [0.717, 1.165) is 16.7 Å². The summed E-state index contributed by atoms with van der Waals surface area (Å²) in [4.78, 5) is 70.3. The topological polar surface area (TPSA) is 107 Å². The Morgan fingerprint density at radius 3 is 1.88 bits per heavy atom. The molecule has 0 aromatic heterocycles. The minimum atomic E-state index is -0.353. The fraction of sp³-hybridized carbons (Fsp3) is 0.125. The molecule has 49 heavy (non-hydrogen) atoms. The number of fused-ring (bicyclic) bond motifs is 2. The Hall–Kier alpha value is -6.35. The minimum Gasteiger partial charge on any atom is -0.322 e. The van der Waals surface area contributed by atoms with Crippen molar-refractivity contribution in [3.63, 3.8) is 0 Å². The molecular formula is C40H32N4O5. The highest BCUT2D eigenvalue weighted by atomic mass is 16.2. The zero-order valence-electron chi connectivity index (χ0n) is 26.8. The van der Waals surface area contributed by atoms with Gasteiger partial charge in [0.25, 0.3) is 23.6 Å². The van der Waals surface area contributed by atoms with Crippen LogP contribution >= 0.6 is 0 Å². The van der Waals surface area contributed by atoms with Crippen molar-refractivity contribution in [3.8, 4) is 11.1 Å². The molecule has 0 bridgehead atoms. The normalized spacial score (nSPS) is 13.7. The van der Waals surface area contributed by atoms with E-state index in [1.807, 2.05) is 49.4 Å². The number of para-hydroxylation sites is 2. The highest BCUT2D eigenvalue weighted by Gasteiger charge is 2.36. The van der Waals surface area contributed by atoms with Gasteiger partial charge in [0.1, 0.15) is 6.54 Å². The van der Waals surface area contributed by atoms with Crippen LogP contribution in [-0.2, 0) is 4.79 Å². The standard InChI is InChI=1S/C40H32N4O5/c1-26-15-17-27(18-16-26)30-9-2-3-10-31(30)37(46)41-29-21-19-28(20-22-29)38(47)44-25-36(45)42(34-13-6-7-14-35(34)44)23-8-24-43-39(48)32-11-4-5-12-33(32)40(43)49/h2-7,9-22H,8,23-25H2,1H3,(H,41,46). The third-order valence-electron chi connectivity index (χ3n) is 8.87. The van der Waals surface area contributed by atoms with Crippen molar-refractivity contribution in [1.29, 1.82) is 0 Å². The van der Waals surface area contributed by atoms with Crippen molar-refractivity contribution >= 4 is 46.6 Å². The van der Waals surface area contributed by atoms with Gasteiger partial charge in [-0.25, -0.2) is 0 Å². The van der Waals surface area contributed by atoms with Crippen molar-refractivity contribution in [2.45, 2.75) is 13.3 Å². The fourth-order valence-corrected chi connectivity index (χ4v) is 6.33. The molecule has 2 heterocycles. The first-order valence-corrected chi connectivity index (χ1v) is 16.0. The van der Waals surface area contributed by atoms with E-state index in [-0.39, 0.29) is 49.2 Å². The van der Waals surface area contributed by atoms with E-state index < -0.39 is 0 Å². The maximum atomic E-state index is 13.7. The summed E-state index contributed by atoms with van der Waals surface area (Å²) in [6.45, 7) is 2.28. The maximum Gasteiger partial charge on any atom is 0.261 e. The number of imide groups is 1. The van der Waals surface area contributed by atoms with Crippen LogP contribution in [0.1, 0.15) is 53.4 Å². The molecule has 0 radical (unpaired) electrons. The molecule has 7 rings (SSSR count). The molecule has 5 aromatic carbocycles. The van der Waals surface area contributed by atoms with E-state index in [9.17, 15) is 24.0 Å². The number of carbonyl (C=O) groups excluding carboxylic acids is 5. The van der Waals surface area contributed by atoms with Crippen LogP contribution in [0.2, 0.25) is 0 Å². The number of carbonyl (C=O) groups is 5. The van der Waals surface area contributed by atoms with Crippen LogP contribution in [0.5, 0.6) is 0 Å². The number of anilines is 3. The molecule has 242 valence electrons. The fourth-order valence-electron chi connectivity index (χ4n) is 6.33. The molecule has 5 amide bonds. The molecule has 0 aliphatic carbocycles. The molecule has 2 aliphatic rings. The summed E-state index contributed by atoms with van der Waals surface area (Å²) < 4.78 is 0. The molecule has 0 fully saturated rings. The Kier molecular flexibility index (Phi) is 8.32. The number of hydrogen-bond donors (Lipinski definition) is 1. The van der Waals surface area contributed by atoms with Crippen LogP contribution < -0.4 is 15.1 Å². The first kappa shape index (κ1) is 31.3. The quantitative estimate of drug-likeness (QED) is 0.191. The average Bonchev–Trinajstić information content (AvgIpc) is 3.37. The maximum absolute atomic E-state index is 13.7. The summed E-state index contributed by atoms with van der Waals surface area (Å²) in [5.74, 6) is -1.56. The second-order valence-corrected chi connectivity index (χ2v) is 12.0. The first-order chi connectivity index (χ1) is 23.8. The average molecular weight is 649 g/mol. The third kappa shape index (κ3) is 5.98. The molecule has 5 aromatic rings. The lowest BCUT2D eigenvalue weighted by Gasteiger charge is -2.36. The van der Waals surface area contributed by atoms with Crippen LogP contribution in [0.15, 0.2) is 121 Å². The van der Waals surface area contributed by atoms with Crippen molar-refractivity contribution in [2.24, 2.45) is 0 Å². The van der Waals surface area contributed by atoms with Gasteiger partial charge in [0.2, 0.25) is 5.91 Å². The second-order valence-electron chi connectivity index (χ2n) is 12.0. The SMILES string of the molecule is Cc1ccc(-c2ccccc2C(=O)Nc2ccc(C(=O)N3CC(=O)N(CCCN4C(=O)c5ccccc5C4=O)c4ccccc43)cc2)cc1. The van der Waals surface area contributed by atoms with E-state index >= 15 is 0 Å². The van der Waals surface area contributed by atoms with E-state index in [1.165, 1.54) is 9.80 Å². The molecule has 0 atom stereocenters. The summed E-state index contributed by atoms with van der Waals surface area (Å²) in [5.41, 5.74) is 6.24. The van der Waals surface area contributed by atoms with Gasteiger partial charge in [-0.3, -0.25) is 33.8 Å². The van der Waals surface area contributed by atoms with Crippen molar-refractivity contribution in [1.82, 2.24) is 4.90 Å². The zero-order chi connectivity index (χ0) is 34.1. The molecule has 0 saturated carbocycles. The lowest BCUT2D eigenvalue weighted by atomic mass is 9.98. The number of aryl methyl sites for hydroxylation is 1. The summed E-state index contributed by atoms with van der Waals surface area (Å²) in [5, 5.41) is 2.93. The number of rotatable bonds is 8. The smallest absolute Gasteiger partial charge is 0.261 e. The Morgan fingerprint density at radius 2 is 1.20 bits per heavy atom. The Balaban J connectivity index is 1.03. The number of nitrogens with zero attached hydrogens (tertiary/aromatic N) is 3. The van der Waals surface area contributed by atoms with Crippen LogP contribution in [-0.4, -0.2) is 54.1 Å². The van der Waals surface area contributed by atoms with Crippen LogP contribution in [0.25, 0.3) is 11.1 Å².